The molecule has 0 aliphatic carbocycles. The summed E-state index contributed by atoms with van der Waals surface area (Å²) in [5.74, 6) is 1.18. The Labute approximate surface area is 156 Å². The quantitative estimate of drug-likeness (QED) is 0.608. The monoisotopic (exact) mass is 380 g/mol. The van der Waals surface area contributed by atoms with Gasteiger partial charge in [0.05, 0.1) is 30.9 Å². The van der Waals surface area contributed by atoms with Crippen LogP contribution in [-0.4, -0.2) is 53.2 Å². The molecule has 1 aromatic carbocycles. The smallest absolute Gasteiger partial charge is 0.238 e. The molecule has 0 spiro atoms. The fourth-order valence-corrected chi connectivity index (χ4v) is 2.81. The van der Waals surface area contributed by atoms with E-state index in [1.165, 1.54) is 0 Å². The van der Waals surface area contributed by atoms with Gasteiger partial charge in [-0.1, -0.05) is 16.8 Å². The summed E-state index contributed by atoms with van der Waals surface area (Å²) >= 11 is 6.16. The van der Waals surface area contributed by atoms with E-state index in [0.717, 1.165) is 0 Å². The van der Waals surface area contributed by atoms with Crippen LogP contribution in [0.1, 0.15) is 6.42 Å². The number of rotatable bonds is 8. The number of aromatic nitrogens is 3. The van der Waals surface area contributed by atoms with Crippen molar-refractivity contribution in [2.24, 2.45) is 0 Å². The lowest BCUT2D eigenvalue weighted by Gasteiger charge is -2.13. The third-order valence-electron chi connectivity index (χ3n) is 3.99. The summed E-state index contributed by atoms with van der Waals surface area (Å²) in [5.41, 5.74) is 6.06. The predicted molar refractivity (Wildman–Crippen MR) is 95.0 cm³/mol. The second kappa shape index (κ2) is 8.84. The molecule has 3 N–H and O–H groups in total. The van der Waals surface area contributed by atoms with E-state index in [9.17, 15) is 4.79 Å². The van der Waals surface area contributed by atoms with Crippen molar-refractivity contribution in [2.45, 2.75) is 25.0 Å². The van der Waals surface area contributed by atoms with E-state index in [2.05, 4.69) is 26.5 Å². The zero-order chi connectivity index (χ0) is 18.4. The second-order valence-electron chi connectivity index (χ2n) is 5.84. The van der Waals surface area contributed by atoms with Crippen molar-refractivity contribution >= 4 is 17.5 Å². The number of hydrogen-bond acceptors (Lipinski definition) is 7. The molecule has 10 heteroatoms. The highest BCUT2D eigenvalue weighted by Gasteiger charge is 2.29. The fraction of sp³-hybridized carbons (Fsp3) is 0.438. The lowest BCUT2D eigenvalue weighted by Crippen LogP contribution is -2.44. The predicted octanol–water partition coefficient (Wildman–Crippen LogP) is 0.370. The Kier molecular flexibility index (Phi) is 6.26. The summed E-state index contributed by atoms with van der Waals surface area (Å²) in [6.07, 6.45) is 3.96. The van der Waals surface area contributed by atoms with Crippen molar-refractivity contribution in [2.75, 3.05) is 20.3 Å². The second-order valence-corrected chi connectivity index (χ2v) is 6.25. The molecular weight excluding hydrogens is 360 g/mol. The van der Waals surface area contributed by atoms with E-state index < -0.39 is 0 Å². The largest absolute Gasteiger partial charge is 0.497 e. The molecule has 140 valence electrons. The lowest BCUT2D eigenvalue weighted by atomic mass is 10.1. The maximum absolute atomic E-state index is 12.2. The van der Waals surface area contributed by atoms with Gasteiger partial charge in [0.1, 0.15) is 24.1 Å². The minimum atomic E-state index is -0.314. The third kappa shape index (κ3) is 4.84. The van der Waals surface area contributed by atoms with Gasteiger partial charge in [-0.2, -0.15) is 0 Å². The van der Waals surface area contributed by atoms with Crippen LogP contribution in [0.4, 0.5) is 0 Å². The molecule has 1 aliphatic rings. The first-order valence-corrected chi connectivity index (χ1v) is 8.62. The van der Waals surface area contributed by atoms with Gasteiger partial charge in [0.2, 0.25) is 5.91 Å². The van der Waals surface area contributed by atoms with E-state index in [-0.39, 0.29) is 18.0 Å². The van der Waals surface area contributed by atoms with Crippen molar-refractivity contribution in [1.82, 2.24) is 31.2 Å². The number of nitrogens with zero attached hydrogens (tertiary/aromatic N) is 3. The zero-order valence-electron chi connectivity index (χ0n) is 14.3. The molecule has 2 aromatic rings. The number of amides is 1. The summed E-state index contributed by atoms with van der Waals surface area (Å²) in [4.78, 5) is 12.2. The zero-order valence-corrected chi connectivity index (χ0v) is 15.1. The van der Waals surface area contributed by atoms with Crippen molar-refractivity contribution in [1.29, 1.82) is 0 Å². The summed E-state index contributed by atoms with van der Waals surface area (Å²) < 4.78 is 12.5. The Morgan fingerprint density at radius 2 is 2.35 bits per heavy atom. The average Bonchev–Trinajstić information content (AvgIpc) is 3.32. The van der Waals surface area contributed by atoms with Gasteiger partial charge in [-0.05, 0) is 18.6 Å². The number of hydrazine groups is 1. The number of nitrogens with one attached hydrogen (secondary N) is 3. The molecule has 1 aliphatic heterocycles. The van der Waals surface area contributed by atoms with Crippen molar-refractivity contribution in [3.63, 3.8) is 0 Å². The first-order chi connectivity index (χ1) is 12.7. The molecule has 2 heterocycles. The molecule has 1 fully saturated rings. The Balaban J connectivity index is 1.40. The third-order valence-corrected chi connectivity index (χ3v) is 4.28. The Bertz CT molecular complexity index is 727. The van der Waals surface area contributed by atoms with Gasteiger partial charge >= 0.3 is 0 Å². The normalized spacial score (nSPS) is 19.3. The lowest BCUT2D eigenvalue weighted by molar-refractivity contribution is -0.122. The minimum absolute atomic E-state index is 0.000709. The van der Waals surface area contributed by atoms with Crippen LogP contribution in [0.25, 0.3) is 0 Å². The van der Waals surface area contributed by atoms with E-state index >= 15 is 0 Å². The van der Waals surface area contributed by atoms with E-state index in [1.807, 2.05) is 0 Å². The number of carbonyl (C=O) groups excluding carboxylic acids is 1. The Hall–Kier alpha value is -2.36. The van der Waals surface area contributed by atoms with Crippen LogP contribution < -0.4 is 25.6 Å². The number of methoxy groups -OCH3 is 1. The summed E-state index contributed by atoms with van der Waals surface area (Å²) in [6.45, 7) is 1.46. The fourth-order valence-electron chi connectivity index (χ4n) is 2.59. The molecule has 2 atom stereocenters. The molecule has 0 bridgehead atoms. The number of ether oxygens (including phenoxy) is 2. The number of benzene rings is 1. The molecular formula is C16H21ClN6O3. The van der Waals surface area contributed by atoms with Crippen molar-refractivity contribution < 1.29 is 14.3 Å². The molecule has 9 nitrogen and oxygen atoms in total. The van der Waals surface area contributed by atoms with Crippen LogP contribution >= 0.6 is 11.6 Å². The van der Waals surface area contributed by atoms with Crippen LogP contribution in [0.5, 0.6) is 11.5 Å². The van der Waals surface area contributed by atoms with Crippen molar-refractivity contribution in [3.8, 4) is 11.5 Å². The van der Waals surface area contributed by atoms with E-state index in [0.29, 0.717) is 42.6 Å². The van der Waals surface area contributed by atoms with Gasteiger partial charge in [-0.25, -0.2) is 5.43 Å². The SMILES string of the molecule is COc1ccc(OCC2CC(C(=O)NCCn3ccnn3)NN2)c(Cl)c1. The molecule has 26 heavy (non-hydrogen) atoms. The van der Waals surface area contributed by atoms with Gasteiger partial charge in [0.15, 0.2) is 0 Å². The topological polar surface area (TPSA) is 102 Å². The van der Waals surface area contributed by atoms with Crippen LogP contribution in [0.15, 0.2) is 30.6 Å². The summed E-state index contributed by atoms with van der Waals surface area (Å²) in [7, 11) is 1.58. The number of hydrogen-bond donors (Lipinski definition) is 3. The van der Waals surface area contributed by atoms with E-state index in [4.69, 9.17) is 21.1 Å². The Morgan fingerprint density at radius 1 is 1.46 bits per heavy atom. The van der Waals surface area contributed by atoms with Gasteiger partial charge in [0, 0.05) is 18.8 Å². The molecule has 0 radical (unpaired) electrons. The Morgan fingerprint density at radius 3 is 3.08 bits per heavy atom. The molecule has 1 aromatic heterocycles. The highest BCUT2D eigenvalue weighted by Crippen LogP contribution is 2.28. The first-order valence-electron chi connectivity index (χ1n) is 8.25. The maximum Gasteiger partial charge on any atom is 0.238 e. The summed E-state index contributed by atoms with van der Waals surface area (Å²) in [5, 5.41) is 10.9. The highest BCUT2D eigenvalue weighted by molar-refractivity contribution is 6.32. The van der Waals surface area contributed by atoms with Crippen LogP contribution in [0.2, 0.25) is 5.02 Å². The number of carbonyl (C=O) groups is 1. The van der Waals surface area contributed by atoms with Gasteiger partial charge < -0.3 is 14.8 Å². The number of halogens is 1. The molecule has 0 saturated carbocycles. The van der Waals surface area contributed by atoms with Crippen LogP contribution in [0.3, 0.4) is 0 Å². The summed E-state index contributed by atoms with van der Waals surface area (Å²) in [6, 6.07) is 4.93. The first kappa shape index (κ1) is 18.4. The molecule has 2 unspecified atom stereocenters. The average molecular weight is 381 g/mol. The molecule has 3 rings (SSSR count). The minimum Gasteiger partial charge on any atom is -0.497 e. The maximum atomic E-state index is 12.2. The van der Waals surface area contributed by atoms with Gasteiger partial charge in [0.25, 0.3) is 0 Å². The molecule has 1 amide bonds. The van der Waals surface area contributed by atoms with Gasteiger partial charge in [-0.15, -0.1) is 5.10 Å². The van der Waals surface area contributed by atoms with Crippen LogP contribution in [-0.2, 0) is 11.3 Å². The van der Waals surface area contributed by atoms with Crippen LogP contribution in [0, 0.1) is 0 Å². The van der Waals surface area contributed by atoms with E-state index in [1.54, 1.807) is 42.4 Å². The highest BCUT2D eigenvalue weighted by atomic mass is 35.5. The van der Waals surface area contributed by atoms with Crippen molar-refractivity contribution in [3.05, 3.63) is 35.6 Å². The molecule has 1 saturated heterocycles. The standard InChI is InChI=1S/C16H21ClN6O3/c1-25-12-2-3-15(13(17)9-12)26-10-11-8-14(21-20-11)16(24)18-4-6-23-7-5-19-22-23/h2-3,5,7,9,11,14,20-21H,4,6,8,10H2,1H3,(H,18,24). The van der Waals surface area contributed by atoms with Gasteiger partial charge in [-0.3, -0.25) is 14.9 Å².